The van der Waals surface area contributed by atoms with Gasteiger partial charge in [-0.2, -0.15) is 0 Å². The number of carbonyl (C=O) groups is 1. The van der Waals surface area contributed by atoms with Crippen molar-refractivity contribution in [1.29, 1.82) is 0 Å². The predicted octanol–water partition coefficient (Wildman–Crippen LogP) is 1.88. The molecule has 0 unspecified atom stereocenters. The quantitative estimate of drug-likeness (QED) is 0.621. The summed E-state index contributed by atoms with van der Waals surface area (Å²) < 4.78 is 0. The summed E-state index contributed by atoms with van der Waals surface area (Å²) in [4.78, 5) is 15.8. The molecular formula is C13H15N3O. The minimum absolute atomic E-state index is 0.121. The van der Waals surface area contributed by atoms with E-state index in [1.807, 2.05) is 31.2 Å². The third kappa shape index (κ3) is 2.79. The molecule has 88 valence electrons. The van der Waals surface area contributed by atoms with Gasteiger partial charge >= 0.3 is 0 Å². The van der Waals surface area contributed by atoms with Crippen LogP contribution in [-0.2, 0) is 0 Å². The Morgan fingerprint density at radius 3 is 3.00 bits per heavy atom. The van der Waals surface area contributed by atoms with Crippen molar-refractivity contribution in [3.05, 3.63) is 42.2 Å². The molecular weight excluding hydrogens is 214 g/mol. The Kier molecular flexibility index (Phi) is 3.67. The number of hydrazine groups is 1. The third-order valence-corrected chi connectivity index (χ3v) is 2.48. The molecule has 0 aliphatic rings. The van der Waals surface area contributed by atoms with Crippen molar-refractivity contribution in [3.8, 4) is 0 Å². The highest BCUT2D eigenvalue weighted by atomic mass is 16.2. The van der Waals surface area contributed by atoms with Crippen LogP contribution < -0.4 is 10.9 Å². The summed E-state index contributed by atoms with van der Waals surface area (Å²) in [6.07, 6.45) is 4.47. The van der Waals surface area contributed by atoms with E-state index in [4.69, 9.17) is 0 Å². The van der Waals surface area contributed by atoms with E-state index < -0.39 is 0 Å². The van der Waals surface area contributed by atoms with Crippen LogP contribution in [0.25, 0.3) is 10.8 Å². The summed E-state index contributed by atoms with van der Waals surface area (Å²) in [6.45, 7) is 2.81. The van der Waals surface area contributed by atoms with Crippen LogP contribution in [-0.4, -0.2) is 17.4 Å². The largest absolute Gasteiger partial charge is 0.287 e. The number of nitrogens with zero attached hydrogens (tertiary/aromatic N) is 1. The summed E-state index contributed by atoms with van der Waals surface area (Å²) in [7, 11) is 0. The van der Waals surface area contributed by atoms with E-state index >= 15 is 0 Å². The Bertz CT molecular complexity index is 525. The second kappa shape index (κ2) is 5.41. The number of hydrogen-bond acceptors (Lipinski definition) is 3. The fourth-order valence-electron chi connectivity index (χ4n) is 1.57. The Morgan fingerprint density at radius 1 is 1.29 bits per heavy atom. The van der Waals surface area contributed by atoms with Gasteiger partial charge in [0.2, 0.25) is 0 Å². The lowest BCUT2D eigenvalue weighted by molar-refractivity contribution is 0.0933. The molecule has 2 rings (SSSR count). The molecule has 1 heterocycles. The fourth-order valence-corrected chi connectivity index (χ4v) is 1.57. The van der Waals surface area contributed by atoms with E-state index in [-0.39, 0.29) is 5.91 Å². The Hall–Kier alpha value is -1.94. The number of benzene rings is 1. The Labute approximate surface area is 100 Å². The minimum Gasteiger partial charge on any atom is -0.287 e. The first-order chi connectivity index (χ1) is 8.31. The lowest BCUT2D eigenvalue weighted by Crippen LogP contribution is -2.37. The van der Waals surface area contributed by atoms with Gasteiger partial charge < -0.3 is 0 Å². The molecule has 0 radical (unpaired) electrons. The molecule has 17 heavy (non-hydrogen) atoms. The van der Waals surface area contributed by atoms with E-state index in [1.165, 1.54) is 0 Å². The molecule has 1 aromatic heterocycles. The zero-order valence-corrected chi connectivity index (χ0v) is 9.73. The number of hydrogen-bond donors (Lipinski definition) is 2. The first-order valence-electron chi connectivity index (χ1n) is 5.68. The van der Waals surface area contributed by atoms with Crippen LogP contribution in [0.3, 0.4) is 0 Å². The summed E-state index contributed by atoms with van der Waals surface area (Å²) >= 11 is 0. The second-order valence-electron chi connectivity index (χ2n) is 3.82. The Balaban J connectivity index is 2.15. The minimum atomic E-state index is -0.121. The lowest BCUT2D eigenvalue weighted by Gasteiger charge is -2.06. The van der Waals surface area contributed by atoms with Crippen LogP contribution >= 0.6 is 0 Å². The zero-order chi connectivity index (χ0) is 12.1. The van der Waals surface area contributed by atoms with E-state index in [9.17, 15) is 4.79 Å². The smallest absolute Gasteiger partial charge is 0.265 e. The second-order valence-corrected chi connectivity index (χ2v) is 3.82. The van der Waals surface area contributed by atoms with Gasteiger partial charge in [0.15, 0.2) is 0 Å². The van der Waals surface area contributed by atoms with Gasteiger partial charge in [0.25, 0.3) is 5.91 Å². The molecule has 0 aliphatic heterocycles. The van der Waals surface area contributed by atoms with Crippen molar-refractivity contribution in [3.63, 3.8) is 0 Å². The van der Waals surface area contributed by atoms with Crippen LogP contribution in [0.1, 0.15) is 23.7 Å². The molecule has 0 fully saturated rings. The molecule has 0 saturated heterocycles. The standard InChI is InChI=1S/C13H15N3O/c1-2-6-15-16-13(17)11-4-3-10-5-7-14-9-12(10)8-11/h3-5,7-9,15H,2,6H2,1H3,(H,16,17). The monoisotopic (exact) mass is 229 g/mol. The van der Waals surface area contributed by atoms with Gasteiger partial charge in [-0.25, -0.2) is 5.43 Å². The number of amides is 1. The number of nitrogens with one attached hydrogen (secondary N) is 2. The average Bonchev–Trinajstić information content (AvgIpc) is 2.38. The number of carbonyl (C=O) groups excluding carboxylic acids is 1. The van der Waals surface area contributed by atoms with Crippen LogP contribution in [0.2, 0.25) is 0 Å². The summed E-state index contributed by atoms with van der Waals surface area (Å²) in [5, 5.41) is 2.05. The van der Waals surface area contributed by atoms with E-state index in [0.717, 1.165) is 23.7 Å². The normalized spacial score (nSPS) is 10.4. The van der Waals surface area contributed by atoms with E-state index in [0.29, 0.717) is 5.56 Å². The number of fused-ring (bicyclic) bond motifs is 1. The predicted molar refractivity (Wildman–Crippen MR) is 67.5 cm³/mol. The number of aromatic nitrogens is 1. The van der Waals surface area contributed by atoms with Crippen molar-refractivity contribution in [2.45, 2.75) is 13.3 Å². The van der Waals surface area contributed by atoms with Crippen molar-refractivity contribution in [2.75, 3.05) is 6.54 Å². The molecule has 4 heteroatoms. The molecule has 1 aromatic carbocycles. The number of rotatable bonds is 4. The maximum Gasteiger partial charge on any atom is 0.265 e. The lowest BCUT2D eigenvalue weighted by atomic mass is 10.1. The highest BCUT2D eigenvalue weighted by molar-refractivity contribution is 5.98. The molecule has 0 atom stereocenters. The van der Waals surface area contributed by atoms with Crippen LogP contribution in [0, 0.1) is 0 Å². The van der Waals surface area contributed by atoms with Gasteiger partial charge in [-0.1, -0.05) is 13.0 Å². The molecule has 4 nitrogen and oxygen atoms in total. The Morgan fingerprint density at radius 2 is 2.18 bits per heavy atom. The fraction of sp³-hybridized carbons (Fsp3) is 0.231. The zero-order valence-electron chi connectivity index (χ0n) is 9.73. The molecule has 2 N–H and O–H groups in total. The topological polar surface area (TPSA) is 54.0 Å². The molecule has 0 aliphatic carbocycles. The van der Waals surface area contributed by atoms with Gasteiger partial charge in [-0.05, 0) is 30.0 Å². The molecule has 0 saturated carbocycles. The third-order valence-electron chi connectivity index (χ3n) is 2.48. The van der Waals surface area contributed by atoms with Crippen molar-refractivity contribution >= 4 is 16.7 Å². The average molecular weight is 229 g/mol. The first-order valence-corrected chi connectivity index (χ1v) is 5.68. The maximum absolute atomic E-state index is 11.8. The van der Waals surface area contributed by atoms with Crippen molar-refractivity contribution in [1.82, 2.24) is 15.8 Å². The van der Waals surface area contributed by atoms with Gasteiger partial charge in [-0.15, -0.1) is 0 Å². The highest BCUT2D eigenvalue weighted by Gasteiger charge is 2.05. The van der Waals surface area contributed by atoms with E-state index in [2.05, 4.69) is 15.8 Å². The van der Waals surface area contributed by atoms with Gasteiger partial charge in [0, 0.05) is 29.9 Å². The summed E-state index contributed by atoms with van der Waals surface area (Å²) in [5.74, 6) is -0.121. The van der Waals surface area contributed by atoms with E-state index in [1.54, 1.807) is 12.4 Å². The van der Waals surface area contributed by atoms with Crippen molar-refractivity contribution in [2.24, 2.45) is 0 Å². The summed E-state index contributed by atoms with van der Waals surface area (Å²) in [5.41, 5.74) is 6.15. The highest BCUT2D eigenvalue weighted by Crippen LogP contribution is 2.14. The molecule has 0 bridgehead atoms. The van der Waals surface area contributed by atoms with Gasteiger partial charge in [0.05, 0.1) is 0 Å². The van der Waals surface area contributed by atoms with Crippen LogP contribution in [0.5, 0.6) is 0 Å². The van der Waals surface area contributed by atoms with Crippen LogP contribution in [0.15, 0.2) is 36.7 Å². The maximum atomic E-state index is 11.8. The number of pyridine rings is 1. The summed E-state index contributed by atoms with van der Waals surface area (Å²) in [6, 6.07) is 7.49. The van der Waals surface area contributed by atoms with Gasteiger partial charge in [-0.3, -0.25) is 15.2 Å². The van der Waals surface area contributed by atoms with Gasteiger partial charge in [0.1, 0.15) is 0 Å². The molecule has 1 amide bonds. The van der Waals surface area contributed by atoms with Crippen LogP contribution in [0.4, 0.5) is 0 Å². The molecule has 2 aromatic rings. The molecule has 0 spiro atoms. The SMILES string of the molecule is CCCNNC(=O)c1ccc2ccncc2c1. The van der Waals surface area contributed by atoms with Crippen molar-refractivity contribution < 1.29 is 4.79 Å². The first kappa shape index (κ1) is 11.5.